The summed E-state index contributed by atoms with van der Waals surface area (Å²) >= 11 is 1.72. The fraction of sp³-hybridized carbons (Fsp3) is 0.667. The maximum atomic E-state index is 4.72. The number of fused-ring (bicyclic) bond motifs is 1. The summed E-state index contributed by atoms with van der Waals surface area (Å²) in [5, 5.41) is 5.78. The zero-order valence-electron chi connectivity index (χ0n) is 11.6. The van der Waals surface area contributed by atoms with Gasteiger partial charge < -0.3 is 5.32 Å². The minimum atomic E-state index is 0.738. The van der Waals surface area contributed by atoms with Crippen molar-refractivity contribution in [1.82, 2.24) is 14.7 Å². The van der Waals surface area contributed by atoms with Crippen LogP contribution in [0, 0.1) is 5.92 Å². The summed E-state index contributed by atoms with van der Waals surface area (Å²) in [6.45, 7) is 3.41. The molecule has 2 aromatic rings. The van der Waals surface area contributed by atoms with Gasteiger partial charge >= 0.3 is 0 Å². The highest BCUT2D eigenvalue weighted by Crippen LogP contribution is 2.27. The van der Waals surface area contributed by atoms with Gasteiger partial charge in [-0.3, -0.25) is 4.40 Å². The van der Waals surface area contributed by atoms with Crippen LogP contribution in [-0.2, 0) is 6.42 Å². The molecule has 1 aliphatic rings. The van der Waals surface area contributed by atoms with Crippen LogP contribution in [0.25, 0.3) is 4.96 Å². The van der Waals surface area contributed by atoms with E-state index in [1.807, 2.05) is 0 Å². The van der Waals surface area contributed by atoms with Crippen molar-refractivity contribution in [3.8, 4) is 0 Å². The molecule has 0 saturated heterocycles. The Kier molecular flexibility index (Phi) is 4.18. The monoisotopic (exact) mass is 277 g/mol. The maximum Gasteiger partial charge on any atom is 0.193 e. The first kappa shape index (κ1) is 13.1. The zero-order chi connectivity index (χ0) is 13.1. The van der Waals surface area contributed by atoms with Crippen LogP contribution >= 0.6 is 11.3 Å². The molecule has 0 spiro atoms. The molecule has 2 aromatic heterocycles. The molecule has 0 amide bonds. The average Bonchev–Trinajstić information content (AvgIpc) is 2.97. The molecule has 1 aliphatic carbocycles. The number of aromatic nitrogens is 2. The Hall–Kier alpha value is -0.870. The Bertz CT molecular complexity index is 488. The van der Waals surface area contributed by atoms with Crippen molar-refractivity contribution in [1.29, 1.82) is 0 Å². The fourth-order valence-corrected chi connectivity index (χ4v) is 3.90. The van der Waals surface area contributed by atoms with Crippen LogP contribution in [-0.4, -0.2) is 22.0 Å². The Morgan fingerprint density at radius 1 is 1.47 bits per heavy atom. The minimum Gasteiger partial charge on any atom is -0.314 e. The predicted octanol–water partition coefficient (Wildman–Crippen LogP) is 3.50. The quantitative estimate of drug-likeness (QED) is 0.906. The molecular formula is C15H23N3S. The number of hydrogen-bond acceptors (Lipinski definition) is 3. The third kappa shape index (κ3) is 3.18. The van der Waals surface area contributed by atoms with E-state index in [2.05, 4.69) is 34.4 Å². The lowest BCUT2D eigenvalue weighted by atomic mass is 9.83. The van der Waals surface area contributed by atoms with Crippen LogP contribution in [0.2, 0.25) is 0 Å². The Morgan fingerprint density at radius 3 is 3.26 bits per heavy atom. The summed E-state index contributed by atoms with van der Waals surface area (Å²) in [6.07, 6.45) is 12.1. The number of rotatable bonds is 5. The predicted molar refractivity (Wildman–Crippen MR) is 80.8 cm³/mol. The van der Waals surface area contributed by atoms with Crippen LogP contribution < -0.4 is 5.32 Å². The van der Waals surface area contributed by atoms with Crippen LogP contribution in [0.1, 0.15) is 44.7 Å². The first-order valence-corrected chi connectivity index (χ1v) is 8.37. The van der Waals surface area contributed by atoms with Crippen molar-refractivity contribution in [2.75, 3.05) is 6.54 Å². The van der Waals surface area contributed by atoms with Crippen LogP contribution in [0.15, 0.2) is 17.8 Å². The smallest absolute Gasteiger partial charge is 0.193 e. The van der Waals surface area contributed by atoms with Crippen molar-refractivity contribution in [3.63, 3.8) is 0 Å². The van der Waals surface area contributed by atoms with E-state index in [-0.39, 0.29) is 0 Å². The summed E-state index contributed by atoms with van der Waals surface area (Å²) in [5.41, 5.74) is 1.27. The summed E-state index contributed by atoms with van der Waals surface area (Å²) < 4.78 is 2.15. The fourth-order valence-electron chi connectivity index (χ4n) is 3.18. The zero-order valence-corrected chi connectivity index (χ0v) is 12.5. The van der Waals surface area contributed by atoms with Gasteiger partial charge in [0.05, 0.1) is 5.69 Å². The van der Waals surface area contributed by atoms with Crippen LogP contribution in [0.4, 0.5) is 0 Å². The molecular weight excluding hydrogens is 254 g/mol. The molecule has 0 radical (unpaired) electrons. The van der Waals surface area contributed by atoms with Gasteiger partial charge in [0.25, 0.3) is 0 Å². The van der Waals surface area contributed by atoms with Gasteiger partial charge in [0, 0.05) is 23.8 Å². The molecule has 2 atom stereocenters. The van der Waals surface area contributed by atoms with Crippen molar-refractivity contribution >= 4 is 16.3 Å². The molecule has 3 rings (SSSR count). The first-order chi connectivity index (χ1) is 9.35. The van der Waals surface area contributed by atoms with Gasteiger partial charge in [0.15, 0.2) is 4.96 Å². The Morgan fingerprint density at radius 2 is 2.42 bits per heavy atom. The molecule has 0 aliphatic heterocycles. The summed E-state index contributed by atoms with van der Waals surface area (Å²) in [4.78, 5) is 5.85. The van der Waals surface area contributed by atoms with Gasteiger partial charge in [-0.2, -0.15) is 0 Å². The second kappa shape index (κ2) is 6.06. The summed E-state index contributed by atoms with van der Waals surface area (Å²) in [5.74, 6) is 0.813. The molecule has 3 nitrogen and oxygen atoms in total. The van der Waals surface area contributed by atoms with Crippen molar-refractivity contribution in [2.45, 2.75) is 51.5 Å². The normalized spacial score (nSPS) is 24.1. The molecule has 1 saturated carbocycles. The number of imidazole rings is 1. The highest BCUT2D eigenvalue weighted by Gasteiger charge is 2.22. The van der Waals surface area contributed by atoms with Crippen molar-refractivity contribution < 1.29 is 0 Å². The lowest BCUT2D eigenvalue weighted by Gasteiger charge is -2.29. The SMILES string of the molecule is CCCNC1CCCC(Cc2cn3ccsc3n2)C1. The number of hydrogen-bond donors (Lipinski definition) is 1. The second-order valence-electron chi connectivity index (χ2n) is 5.71. The average molecular weight is 277 g/mol. The van der Waals surface area contributed by atoms with E-state index in [0.29, 0.717) is 0 Å². The van der Waals surface area contributed by atoms with E-state index in [9.17, 15) is 0 Å². The van der Waals surface area contributed by atoms with Crippen molar-refractivity contribution in [2.24, 2.45) is 5.92 Å². The lowest BCUT2D eigenvalue weighted by Crippen LogP contribution is -2.35. The minimum absolute atomic E-state index is 0.738. The molecule has 1 fully saturated rings. The maximum absolute atomic E-state index is 4.72. The second-order valence-corrected chi connectivity index (χ2v) is 6.59. The molecule has 0 bridgehead atoms. The van der Waals surface area contributed by atoms with E-state index in [4.69, 9.17) is 4.98 Å². The number of nitrogens with zero attached hydrogens (tertiary/aromatic N) is 2. The third-order valence-corrected chi connectivity index (χ3v) is 4.88. The van der Waals surface area contributed by atoms with E-state index in [1.54, 1.807) is 11.3 Å². The first-order valence-electron chi connectivity index (χ1n) is 7.49. The molecule has 2 heterocycles. The van der Waals surface area contributed by atoms with Crippen LogP contribution in [0.3, 0.4) is 0 Å². The Labute approximate surface area is 119 Å². The summed E-state index contributed by atoms with van der Waals surface area (Å²) in [6, 6.07) is 0.738. The molecule has 0 aromatic carbocycles. The number of thiazole rings is 1. The van der Waals surface area contributed by atoms with Gasteiger partial charge in [0.1, 0.15) is 0 Å². The molecule has 4 heteroatoms. The van der Waals surface area contributed by atoms with Gasteiger partial charge in [0.2, 0.25) is 0 Å². The molecule has 104 valence electrons. The highest BCUT2D eigenvalue weighted by atomic mass is 32.1. The number of nitrogens with one attached hydrogen (secondary N) is 1. The molecule has 1 N–H and O–H groups in total. The molecule has 19 heavy (non-hydrogen) atoms. The third-order valence-electron chi connectivity index (χ3n) is 4.11. The van der Waals surface area contributed by atoms with Gasteiger partial charge in [-0.1, -0.05) is 13.3 Å². The highest BCUT2D eigenvalue weighted by molar-refractivity contribution is 7.15. The van der Waals surface area contributed by atoms with Gasteiger partial charge in [-0.05, 0) is 44.6 Å². The Balaban J connectivity index is 1.58. The lowest BCUT2D eigenvalue weighted by molar-refractivity contribution is 0.283. The van der Waals surface area contributed by atoms with E-state index >= 15 is 0 Å². The van der Waals surface area contributed by atoms with E-state index in [0.717, 1.165) is 29.9 Å². The van der Waals surface area contributed by atoms with Crippen molar-refractivity contribution in [3.05, 3.63) is 23.5 Å². The largest absolute Gasteiger partial charge is 0.314 e. The topological polar surface area (TPSA) is 29.3 Å². The van der Waals surface area contributed by atoms with Gasteiger partial charge in [-0.15, -0.1) is 11.3 Å². The summed E-state index contributed by atoms with van der Waals surface area (Å²) in [7, 11) is 0. The molecule has 2 unspecified atom stereocenters. The van der Waals surface area contributed by atoms with E-state index in [1.165, 1.54) is 37.8 Å². The van der Waals surface area contributed by atoms with Crippen LogP contribution in [0.5, 0.6) is 0 Å². The standard InChI is InChI=1S/C15H23N3S/c1-2-6-16-13-5-3-4-12(9-13)10-14-11-18-7-8-19-15(18)17-14/h7-8,11-13,16H,2-6,9-10H2,1H3. The van der Waals surface area contributed by atoms with Gasteiger partial charge in [-0.25, -0.2) is 4.98 Å². The van der Waals surface area contributed by atoms with E-state index < -0.39 is 0 Å².